The Labute approximate surface area is 95.0 Å². The number of hydrogen-bond donors (Lipinski definition) is 2. The third kappa shape index (κ3) is 4.13. The smallest absolute Gasteiger partial charge is 0.207 e. The molecule has 0 saturated heterocycles. The molecule has 86 valence electrons. The van der Waals surface area contributed by atoms with Crippen LogP contribution in [0.5, 0.6) is 0 Å². The maximum atomic E-state index is 10.1. The first-order chi connectivity index (χ1) is 7.88. The van der Waals surface area contributed by atoms with Gasteiger partial charge in [0.1, 0.15) is 0 Å². The molecule has 0 aliphatic carbocycles. The van der Waals surface area contributed by atoms with Crippen LogP contribution in [-0.4, -0.2) is 25.9 Å². The second-order valence-electron chi connectivity index (χ2n) is 3.41. The fourth-order valence-corrected chi connectivity index (χ4v) is 1.58. The zero-order valence-electron chi connectivity index (χ0n) is 9.11. The van der Waals surface area contributed by atoms with E-state index in [1.807, 2.05) is 24.3 Å². The molecule has 2 N–H and O–H groups in total. The normalized spacial score (nSPS) is 9.50. The molecule has 2 amide bonds. The first-order valence-electron chi connectivity index (χ1n) is 5.29. The molecular weight excluding hydrogens is 204 g/mol. The van der Waals surface area contributed by atoms with Gasteiger partial charge in [-0.25, -0.2) is 0 Å². The molecule has 1 rings (SSSR count). The van der Waals surface area contributed by atoms with Crippen LogP contribution < -0.4 is 10.6 Å². The first-order valence-corrected chi connectivity index (χ1v) is 5.29. The summed E-state index contributed by atoms with van der Waals surface area (Å²) in [5.74, 6) is 0. The van der Waals surface area contributed by atoms with E-state index in [1.165, 1.54) is 11.1 Å². The van der Waals surface area contributed by atoms with Crippen molar-refractivity contribution in [1.82, 2.24) is 10.6 Å². The van der Waals surface area contributed by atoms with Crippen molar-refractivity contribution in [3.8, 4) is 0 Å². The van der Waals surface area contributed by atoms with Gasteiger partial charge in [-0.3, -0.25) is 9.59 Å². The van der Waals surface area contributed by atoms with Gasteiger partial charge in [0.2, 0.25) is 12.8 Å². The van der Waals surface area contributed by atoms with Crippen LogP contribution >= 0.6 is 0 Å². The summed E-state index contributed by atoms with van der Waals surface area (Å²) in [5.41, 5.74) is 2.43. The zero-order valence-corrected chi connectivity index (χ0v) is 9.11. The highest BCUT2D eigenvalue weighted by molar-refractivity contribution is 5.46. The van der Waals surface area contributed by atoms with Gasteiger partial charge < -0.3 is 10.6 Å². The van der Waals surface area contributed by atoms with Crippen LogP contribution in [0.3, 0.4) is 0 Å². The Hall–Kier alpha value is -1.84. The number of carbonyl (C=O) groups excluding carboxylic acids is 2. The molecule has 1 aromatic carbocycles. The summed E-state index contributed by atoms with van der Waals surface area (Å²) in [7, 11) is 0. The summed E-state index contributed by atoms with van der Waals surface area (Å²) >= 11 is 0. The molecule has 16 heavy (non-hydrogen) atoms. The minimum Gasteiger partial charge on any atom is -0.358 e. The van der Waals surface area contributed by atoms with Gasteiger partial charge in [0, 0.05) is 13.1 Å². The summed E-state index contributed by atoms with van der Waals surface area (Å²) in [6.45, 7) is 1.28. The van der Waals surface area contributed by atoms with E-state index in [4.69, 9.17) is 0 Å². The number of carbonyl (C=O) groups is 2. The Kier molecular flexibility index (Phi) is 5.70. The highest BCUT2D eigenvalue weighted by Gasteiger charge is 2.00. The van der Waals surface area contributed by atoms with Crippen molar-refractivity contribution in [2.45, 2.75) is 12.8 Å². The highest BCUT2D eigenvalue weighted by atomic mass is 16.1. The standard InChI is InChI=1S/C12H16N2O2/c15-9-13-7-5-11-3-1-2-4-12(11)6-8-14-10-16/h1-4,9-10H,5-8H2,(H,13,15)(H,14,16). The van der Waals surface area contributed by atoms with Crippen molar-refractivity contribution in [3.05, 3.63) is 35.4 Å². The van der Waals surface area contributed by atoms with Crippen LogP contribution in [0.4, 0.5) is 0 Å². The van der Waals surface area contributed by atoms with Gasteiger partial charge in [-0.15, -0.1) is 0 Å². The van der Waals surface area contributed by atoms with Gasteiger partial charge in [-0.05, 0) is 24.0 Å². The van der Waals surface area contributed by atoms with E-state index in [0.29, 0.717) is 25.9 Å². The maximum absolute atomic E-state index is 10.1. The second kappa shape index (κ2) is 7.45. The molecular formula is C12H16N2O2. The van der Waals surface area contributed by atoms with Gasteiger partial charge in [0.15, 0.2) is 0 Å². The third-order valence-corrected chi connectivity index (χ3v) is 2.36. The molecule has 4 nitrogen and oxygen atoms in total. The summed E-state index contributed by atoms with van der Waals surface area (Å²) in [4.78, 5) is 20.3. The number of amides is 2. The van der Waals surface area contributed by atoms with Gasteiger partial charge in [0.05, 0.1) is 0 Å². The molecule has 0 unspecified atom stereocenters. The van der Waals surface area contributed by atoms with E-state index in [0.717, 1.165) is 12.8 Å². The maximum Gasteiger partial charge on any atom is 0.207 e. The number of nitrogens with one attached hydrogen (secondary N) is 2. The minimum absolute atomic E-state index is 0.640. The van der Waals surface area contributed by atoms with Crippen molar-refractivity contribution in [3.63, 3.8) is 0 Å². The quantitative estimate of drug-likeness (QED) is 0.488. The van der Waals surface area contributed by atoms with Gasteiger partial charge >= 0.3 is 0 Å². The lowest BCUT2D eigenvalue weighted by atomic mass is 10.0. The molecule has 1 aromatic rings. The predicted octanol–water partition coefficient (Wildman–Crippen LogP) is 0.264. The van der Waals surface area contributed by atoms with E-state index in [-0.39, 0.29) is 0 Å². The lowest BCUT2D eigenvalue weighted by Gasteiger charge is -2.08. The minimum atomic E-state index is 0.640. The Balaban J connectivity index is 2.52. The van der Waals surface area contributed by atoms with Gasteiger partial charge in [-0.2, -0.15) is 0 Å². The summed E-state index contributed by atoms with van der Waals surface area (Å²) in [5, 5.41) is 5.28. The predicted molar refractivity (Wildman–Crippen MR) is 62.0 cm³/mol. The fraction of sp³-hybridized carbons (Fsp3) is 0.333. The van der Waals surface area contributed by atoms with Crippen molar-refractivity contribution in [2.75, 3.05) is 13.1 Å². The number of rotatable bonds is 8. The summed E-state index contributed by atoms with van der Waals surface area (Å²) in [6, 6.07) is 8.05. The molecule has 0 radical (unpaired) electrons. The Morgan fingerprint density at radius 2 is 1.31 bits per heavy atom. The molecule has 0 spiro atoms. The monoisotopic (exact) mass is 220 g/mol. The van der Waals surface area contributed by atoms with E-state index in [9.17, 15) is 9.59 Å². The molecule has 0 aliphatic rings. The highest BCUT2D eigenvalue weighted by Crippen LogP contribution is 2.09. The Morgan fingerprint density at radius 1 is 0.875 bits per heavy atom. The summed E-state index contributed by atoms with van der Waals surface area (Å²) in [6.07, 6.45) is 3.04. The van der Waals surface area contributed by atoms with E-state index in [2.05, 4.69) is 10.6 Å². The molecule has 0 heterocycles. The van der Waals surface area contributed by atoms with Crippen LogP contribution in [0.2, 0.25) is 0 Å². The van der Waals surface area contributed by atoms with Crippen molar-refractivity contribution >= 4 is 12.8 Å². The van der Waals surface area contributed by atoms with Gasteiger partial charge in [-0.1, -0.05) is 24.3 Å². The molecule has 0 aliphatic heterocycles. The average molecular weight is 220 g/mol. The first kappa shape index (κ1) is 12.2. The molecule has 0 saturated carbocycles. The van der Waals surface area contributed by atoms with E-state index >= 15 is 0 Å². The molecule has 0 aromatic heterocycles. The Morgan fingerprint density at radius 3 is 1.69 bits per heavy atom. The van der Waals surface area contributed by atoms with Crippen LogP contribution in [-0.2, 0) is 22.4 Å². The fourth-order valence-electron chi connectivity index (χ4n) is 1.58. The molecule has 0 fully saturated rings. The van der Waals surface area contributed by atoms with E-state index < -0.39 is 0 Å². The number of hydrogen-bond acceptors (Lipinski definition) is 2. The van der Waals surface area contributed by atoms with E-state index in [1.54, 1.807) is 0 Å². The third-order valence-electron chi connectivity index (χ3n) is 2.36. The molecule has 0 bridgehead atoms. The largest absolute Gasteiger partial charge is 0.358 e. The van der Waals surface area contributed by atoms with Crippen molar-refractivity contribution in [2.24, 2.45) is 0 Å². The van der Waals surface area contributed by atoms with Crippen LogP contribution in [0, 0.1) is 0 Å². The summed E-state index contributed by atoms with van der Waals surface area (Å²) < 4.78 is 0. The lowest BCUT2D eigenvalue weighted by molar-refractivity contribution is -0.110. The topological polar surface area (TPSA) is 58.2 Å². The lowest BCUT2D eigenvalue weighted by Crippen LogP contribution is -2.17. The van der Waals surface area contributed by atoms with Crippen molar-refractivity contribution < 1.29 is 9.59 Å². The SMILES string of the molecule is O=CNCCc1ccccc1CCNC=O. The van der Waals surface area contributed by atoms with Crippen LogP contribution in [0.15, 0.2) is 24.3 Å². The van der Waals surface area contributed by atoms with Crippen LogP contribution in [0.25, 0.3) is 0 Å². The van der Waals surface area contributed by atoms with Crippen molar-refractivity contribution in [1.29, 1.82) is 0 Å². The second-order valence-corrected chi connectivity index (χ2v) is 3.41. The van der Waals surface area contributed by atoms with Gasteiger partial charge in [0.25, 0.3) is 0 Å². The average Bonchev–Trinajstić information content (AvgIpc) is 2.32. The molecule has 4 heteroatoms. The number of benzene rings is 1. The zero-order chi connectivity index (χ0) is 11.6. The Bertz CT molecular complexity index is 307. The molecule has 0 atom stereocenters. The van der Waals surface area contributed by atoms with Crippen LogP contribution in [0.1, 0.15) is 11.1 Å².